The van der Waals surface area contributed by atoms with E-state index in [1.807, 2.05) is 0 Å². The van der Waals surface area contributed by atoms with E-state index in [2.05, 4.69) is 26.0 Å². The summed E-state index contributed by atoms with van der Waals surface area (Å²) >= 11 is 1.50. The van der Waals surface area contributed by atoms with Gasteiger partial charge in [-0.05, 0) is 74.2 Å². The lowest BCUT2D eigenvalue weighted by Crippen LogP contribution is -2.37. The van der Waals surface area contributed by atoms with Crippen LogP contribution in [0.5, 0.6) is 0 Å². The topological polar surface area (TPSA) is 42.4 Å². The molecule has 4 rings (SSSR count). The number of anilines is 1. The highest BCUT2D eigenvalue weighted by Crippen LogP contribution is 2.32. The second-order valence-electron chi connectivity index (χ2n) is 6.96. The average Bonchev–Trinajstić information content (AvgIpc) is 3.30. The molecule has 0 bridgehead atoms. The molecule has 1 aliphatic heterocycles. The summed E-state index contributed by atoms with van der Waals surface area (Å²) in [5.74, 6) is -0.541. The van der Waals surface area contributed by atoms with Gasteiger partial charge in [0.1, 0.15) is 5.82 Å². The molecule has 2 heterocycles. The number of aromatic nitrogens is 1. The predicted molar refractivity (Wildman–Crippen MR) is 106 cm³/mol. The minimum atomic E-state index is -0.358. The molecule has 3 aromatic rings. The number of carbonyl (C=O) groups excluding carboxylic acids is 1. The number of nitrogens with zero attached hydrogens (tertiary/aromatic N) is 2. The summed E-state index contributed by atoms with van der Waals surface area (Å²) in [5.41, 5.74) is 3.71. The standard InChI is InChI=1S/C21H21FN2O2S/c1-13-10-18-19(11-14(13)2)27-21(23-18)24(12-17-4-3-9-26-17)20(25)15-5-7-16(22)8-6-15/h5-8,10-11,17H,3-4,9,12H2,1-2H3. The summed E-state index contributed by atoms with van der Waals surface area (Å²) < 4.78 is 20.1. The smallest absolute Gasteiger partial charge is 0.260 e. The molecular formula is C21H21FN2O2S. The fraction of sp³-hybridized carbons (Fsp3) is 0.333. The molecule has 0 spiro atoms. The number of rotatable bonds is 4. The summed E-state index contributed by atoms with van der Waals surface area (Å²) in [6.45, 7) is 5.30. The zero-order chi connectivity index (χ0) is 19.0. The molecule has 1 unspecified atom stereocenters. The van der Waals surface area contributed by atoms with Crippen molar-refractivity contribution < 1.29 is 13.9 Å². The Morgan fingerprint density at radius 1 is 1.26 bits per heavy atom. The third-order valence-electron chi connectivity index (χ3n) is 4.97. The van der Waals surface area contributed by atoms with Gasteiger partial charge in [-0.2, -0.15) is 0 Å². The molecule has 0 N–H and O–H groups in total. The summed E-state index contributed by atoms with van der Waals surface area (Å²) in [7, 11) is 0. The molecule has 27 heavy (non-hydrogen) atoms. The molecule has 1 aromatic heterocycles. The lowest BCUT2D eigenvalue weighted by molar-refractivity contribution is 0.0917. The quantitative estimate of drug-likeness (QED) is 0.644. The predicted octanol–water partition coefficient (Wildman–Crippen LogP) is 4.88. The first-order valence-electron chi connectivity index (χ1n) is 9.08. The molecular weight excluding hydrogens is 363 g/mol. The van der Waals surface area contributed by atoms with E-state index in [0.717, 1.165) is 29.7 Å². The van der Waals surface area contributed by atoms with Crippen LogP contribution in [0, 0.1) is 19.7 Å². The van der Waals surface area contributed by atoms with Crippen molar-refractivity contribution in [2.45, 2.75) is 32.8 Å². The maximum atomic E-state index is 13.3. The van der Waals surface area contributed by atoms with Crippen LogP contribution in [0.2, 0.25) is 0 Å². The number of thiazole rings is 1. The number of fused-ring (bicyclic) bond motifs is 1. The van der Waals surface area contributed by atoms with Gasteiger partial charge in [-0.25, -0.2) is 9.37 Å². The van der Waals surface area contributed by atoms with Crippen LogP contribution in [0.15, 0.2) is 36.4 Å². The van der Waals surface area contributed by atoms with Crippen LogP contribution in [0.25, 0.3) is 10.2 Å². The monoisotopic (exact) mass is 384 g/mol. The van der Waals surface area contributed by atoms with E-state index in [1.165, 1.54) is 46.7 Å². The summed E-state index contributed by atoms with van der Waals surface area (Å²) in [4.78, 5) is 19.6. The van der Waals surface area contributed by atoms with Crippen molar-refractivity contribution in [3.05, 3.63) is 58.9 Å². The first-order valence-corrected chi connectivity index (χ1v) is 9.90. The van der Waals surface area contributed by atoms with Gasteiger partial charge in [-0.3, -0.25) is 9.69 Å². The van der Waals surface area contributed by atoms with E-state index in [-0.39, 0.29) is 17.8 Å². The minimum absolute atomic E-state index is 0.00452. The molecule has 1 fully saturated rings. The first kappa shape index (κ1) is 18.1. The van der Waals surface area contributed by atoms with Crippen molar-refractivity contribution in [1.82, 2.24) is 4.98 Å². The lowest BCUT2D eigenvalue weighted by atomic mass is 10.1. The molecule has 1 atom stereocenters. The van der Waals surface area contributed by atoms with Crippen LogP contribution in [0.4, 0.5) is 9.52 Å². The number of ether oxygens (including phenoxy) is 1. The number of aryl methyl sites for hydroxylation is 2. The Balaban J connectivity index is 1.72. The van der Waals surface area contributed by atoms with Crippen LogP contribution in [0.1, 0.15) is 34.3 Å². The fourth-order valence-corrected chi connectivity index (χ4v) is 4.32. The van der Waals surface area contributed by atoms with E-state index >= 15 is 0 Å². The van der Waals surface area contributed by atoms with Crippen LogP contribution in [0.3, 0.4) is 0 Å². The Bertz CT molecular complexity index is 939. The van der Waals surface area contributed by atoms with Crippen LogP contribution < -0.4 is 4.90 Å². The van der Waals surface area contributed by atoms with E-state index in [0.29, 0.717) is 17.2 Å². The highest BCUT2D eigenvalue weighted by atomic mass is 32.1. The number of amides is 1. The molecule has 0 radical (unpaired) electrons. The second-order valence-corrected chi connectivity index (χ2v) is 7.97. The van der Waals surface area contributed by atoms with Gasteiger partial charge >= 0.3 is 0 Å². The molecule has 2 aromatic carbocycles. The maximum Gasteiger partial charge on any atom is 0.260 e. The van der Waals surface area contributed by atoms with Crippen LogP contribution >= 0.6 is 11.3 Å². The second kappa shape index (κ2) is 7.37. The molecule has 6 heteroatoms. The number of hydrogen-bond acceptors (Lipinski definition) is 4. The zero-order valence-electron chi connectivity index (χ0n) is 15.4. The van der Waals surface area contributed by atoms with Crippen LogP contribution in [-0.4, -0.2) is 30.1 Å². The average molecular weight is 384 g/mol. The summed E-state index contributed by atoms with van der Waals surface area (Å²) in [5, 5.41) is 0.653. The van der Waals surface area contributed by atoms with Crippen LogP contribution in [-0.2, 0) is 4.74 Å². The van der Waals surface area contributed by atoms with Gasteiger partial charge in [0.25, 0.3) is 5.91 Å². The molecule has 1 aliphatic rings. The zero-order valence-corrected chi connectivity index (χ0v) is 16.2. The SMILES string of the molecule is Cc1cc2nc(N(CC3CCCO3)C(=O)c3ccc(F)cc3)sc2cc1C. The molecule has 0 saturated carbocycles. The van der Waals surface area contributed by atoms with Gasteiger partial charge in [0.2, 0.25) is 0 Å². The fourth-order valence-electron chi connectivity index (χ4n) is 3.27. The summed E-state index contributed by atoms with van der Waals surface area (Å²) in [6.07, 6.45) is 1.93. The van der Waals surface area contributed by atoms with Gasteiger partial charge in [0.05, 0.1) is 22.9 Å². The van der Waals surface area contributed by atoms with E-state index in [9.17, 15) is 9.18 Å². The third kappa shape index (κ3) is 3.73. The van der Waals surface area contributed by atoms with E-state index in [1.54, 1.807) is 4.90 Å². The van der Waals surface area contributed by atoms with E-state index in [4.69, 9.17) is 9.72 Å². The number of halogens is 1. The Hall–Kier alpha value is -2.31. The van der Waals surface area contributed by atoms with Crippen molar-refractivity contribution in [3.63, 3.8) is 0 Å². The Morgan fingerprint density at radius 2 is 2.00 bits per heavy atom. The van der Waals surface area contributed by atoms with Crippen molar-refractivity contribution >= 4 is 32.6 Å². The summed E-state index contributed by atoms with van der Waals surface area (Å²) in [6, 6.07) is 9.81. The lowest BCUT2D eigenvalue weighted by Gasteiger charge is -2.23. The van der Waals surface area contributed by atoms with Gasteiger partial charge < -0.3 is 4.74 Å². The van der Waals surface area contributed by atoms with E-state index < -0.39 is 0 Å². The van der Waals surface area contributed by atoms with Gasteiger partial charge in [0.15, 0.2) is 5.13 Å². The third-order valence-corrected chi connectivity index (χ3v) is 6.01. The Kier molecular flexibility index (Phi) is 4.93. The van der Waals surface area contributed by atoms with Crippen molar-refractivity contribution in [1.29, 1.82) is 0 Å². The molecule has 0 aliphatic carbocycles. The van der Waals surface area contributed by atoms with Crippen molar-refractivity contribution in [3.8, 4) is 0 Å². The van der Waals surface area contributed by atoms with Crippen molar-refractivity contribution in [2.75, 3.05) is 18.1 Å². The molecule has 140 valence electrons. The first-order chi connectivity index (χ1) is 13.0. The molecule has 1 saturated heterocycles. The Morgan fingerprint density at radius 3 is 2.70 bits per heavy atom. The Labute approximate surface area is 161 Å². The minimum Gasteiger partial charge on any atom is -0.376 e. The van der Waals surface area contributed by atoms with Gasteiger partial charge in [-0.1, -0.05) is 11.3 Å². The van der Waals surface area contributed by atoms with Gasteiger partial charge in [-0.15, -0.1) is 0 Å². The number of carbonyl (C=O) groups is 1. The number of hydrogen-bond donors (Lipinski definition) is 0. The number of benzene rings is 2. The highest BCUT2D eigenvalue weighted by Gasteiger charge is 2.27. The van der Waals surface area contributed by atoms with Crippen molar-refractivity contribution in [2.24, 2.45) is 0 Å². The molecule has 1 amide bonds. The normalized spacial score (nSPS) is 16.8. The molecule has 4 nitrogen and oxygen atoms in total. The highest BCUT2D eigenvalue weighted by molar-refractivity contribution is 7.22. The van der Waals surface area contributed by atoms with Gasteiger partial charge in [0, 0.05) is 12.2 Å². The maximum absolute atomic E-state index is 13.3. The largest absolute Gasteiger partial charge is 0.376 e.